The van der Waals surface area contributed by atoms with Crippen molar-refractivity contribution in [3.05, 3.63) is 24.3 Å². The summed E-state index contributed by atoms with van der Waals surface area (Å²) in [5, 5.41) is 31.2. The highest BCUT2D eigenvalue weighted by Gasteiger charge is 2.40. The van der Waals surface area contributed by atoms with Gasteiger partial charge in [-0.05, 0) is 32.6 Å². The van der Waals surface area contributed by atoms with E-state index in [2.05, 4.69) is 42.0 Å². The van der Waals surface area contributed by atoms with Gasteiger partial charge in [0.05, 0.1) is 12.3 Å². The van der Waals surface area contributed by atoms with E-state index in [0.717, 1.165) is 36.7 Å². The van der Waals surface area contributed by atoms with E-state index in [4.69, 9.17) is 10.2 Å². The molecule has 29 heavy (non-hydrogen) atoms. The van der Waals surface area contributed by atoms with Crippen LogP contribution in [0.3, 0.4) is 0 Å². The van der Waals surface area contributed by atoms with Crippen LogP contribution in [-0.4, -0.2) is 59.3 Å². The van der Waals surface area contributed by atoms with E-state index in [1.165, 1.54) is 12.8 Å². The van der Waals surface area contributed by atoms with Crippen LogP contribution < -0.4 is 10.6 Å². The molecule has 0 aromatic carbocycles. The minimum atomic E-state index is 0.335. The van der Waals surface area contributed by atoms with Crippen molar-refractivity contribution in [1.29, 1.82) is 5.26 Å². The van der Waals surface area contributed by atoms with Crippen molar-refractivity contribution in [2.45, 2.75) is 57.2 Å². The Labute approximate surface area is 168 Å². The van der Waals surface area contributed by atoms with Crippen molar-refractivity contribution >= 4 is 23.1 Å². The third kappa shape index (κ3) is 3.49. The summed E-state index contributed by atoms with van der Waals surface area (Å²) < 4.78 is 1.87. The first-order chi connectivity index (χ1) is 14.2. The number of piperidine rings is 1. The standard InChI is InChI=1S/C19H24N10/c1-12-7-16(26-25-12)23-17-10-28-11-21-27-19(28)18(24-17)22-13-8-14-3-4-15(9-13)29(14)6-2-5-20/h7,10-11,13-15H,2-4,6,8-9H2,1H3,(H,22,24)(H2,23,25,26)/t13?,14-,15+. The van der Waals surface area contributed by atoms with Gasteiger partial charge in [0.15, 0.2) is 17.5 Å². The largest absolute Gasteiger partial charge is 0.364 e. The number of nitrogens with one attached hydrogen (secondary N) is 3. The zero-order valence-corrected chi connectivity index (χ0v) is 16.3. The van der Waals surface area contributed by atoms with Gasteiger partial charge in [-0.2, -0.15) is 10.4 Å². The lowest BCUT2D eigenvalue weighted by atomic mass is 9.97. The van der Waals surface area contributed by atoms with E-state index in [1.54, 1.807) is 6.33 Å². The van der Waals surface area contributed by atoms with Crippen LogP contribution in [0.5, 0.6) is 0 Å². The summed E-state index contributed by atoms with van der Waals surface area (Å²) in [6.07, 6.45) is 8.67. The van der Waals surface area contributed by atoms with Gasteiger partial charge in [0.1, 0.15) is 6.33 Å². The fourth-order valence-electron chi connectivity index (χ4n) is 4.74. The number of aryl methyl sites for hydroxylation is 1. The van der Waals surface area contributed by atoms with Gasteiger partial charge in [0.25, 0.3) is 0 Å². The highest BCUT2D eigenvalue weighted by atomic mass is 15.3. The van der Waals surface area contributed by atoms with Crippen LogP contribution in [0, 0.1) is 18.3 Å². The van der Waals surface area contributed by atoms with Gasteiger partial charge in [-0.3, -0.25) is 14.4 Å². The van der Waals surface area contributed by atoms with Crippen LogP contribution in [0.25, 0.3) is 5.65 Å². The average Bonchev–Trinajstić information content (AvgIpc) is 3.39. The number of H-pyrrole nitrogens is 1. The molecule has 3 aromatic heterocycles. The second-order valence-corrected chi connectivity index (χ2v) is 7.94. The molecule has 10 nitrogen and oxygen atoms in total. The van der Waals surface area contributed by atoms with Crippen molar-refractivity contribution in [3.63, 3.8) is 0 Å². The molecule has 2 bridgehead atoms. The summed E-state index contributed by atoms with van der Waals surface area (Å²) in [5.74, 6) is 2.13. The Bertz CT molecular complexity index is 1030. The highest BCUT2D eigenvalue weighted by molar-refractivity contribution is 5.66. The molecule has 1 unspecified atom stereocenters. The third-order valence-corrected chi connectivity index (χ3v) is 5.95. The molecule has 5 heterocycles. The lowest BCUT2D eigenvalue weighted by Gasteiger charge is -2.39. The monoisotopic (exact) mass is 392 g/mol. The molecule has 2 aliphatic heterocycles. The van der Waals surface area contributed by atoms with Crippen LogP contribution in [0.1, 0.15) is 37.8 Å². The Morgan fingerprint density at radius 3 is 2.83 bits per heavy atom. The topological polar surface area (TPSA) is 123 Å². The van der Waals surface area contributed by atoms with E-state index in [-0.39, 0.29) is 0 Å². The first kappa shape index (κ1) is 17.9. The summed E-state index contributed by atoms with van der Waals surface area (Å²) in [7, 11) is 0. The molecule has 10 heteroatoms. The van der Waals surface area contributed by atoms with E-state index >= 15 is 0 Å². The van der Waals surface area contributed by atoms with E-state index < -0.39 is 0 Å². The Kier molecular flexibility index (Phi) is 4.52. The maximum atomic E-state index is 8.93. The Hall–Kier alpha value is -3.19. The van der Waals surface area contributed by atoms with Gasteiger partial charge in [0.2, 0.25) is 5.65 Å². The van der Waals surface area contributed by atoms with Gasteiger partial charge in [-0.1, -0.05) is 0 Å². The molecule has 0 saturated carbocycles. The second kappa shape index (κ2) is 7.33. The van der Waals surface area contributed by atoms with Crippen molar-refractivity contribution < 1.29 is 0 Å². The summed E-state index contributed by atoms with van der Waals surface area (Å²) >= 11 is 0. The summed E-state index contributed by atoms with van der Waals surface area (Å²) in [6.45, 7) is 2.84. The number of aromatic amines is 1. The number of fused-ring (bicyclic) bond motifs is 3. The molecule has 150 valence electrons. The minimum Gasteiger partial charge on any atom is -0.364 e. The molecule has 2 aliphatic rings. The number of rotatable bonds is 6. The zero-order chi connectivity index (χ0) is 19.8. The normalized spacial score (nSPS) is 23.9. The molecule has 0 aliphatic carbocycles. The van der Waals surface area contributed by atoms with E-state index in [0.29, 0.717) is 36.0 Å². The summed E-state index contributed by atoms with van der Waals surface area (Å²) in [6, 6.07) is 5.63. The van der Waals surface area contributed by atoms with Gasteiger partial charge in [0, 0.05) is 42.9 Å². The van der Waals surface area contributed by atoms with Crippen molar-refractivity contribution in [3.8, 4) is 6.07 Å². The molecule has 5 rings (SSSR count). The van der Waals surface area contributed by atoms with Crippen LogP contribution in [0.15, 0.2) is 18.6 Å². The fourth-order valence-corrected chi connectivity index (χ4v) is 4.74. The maximum absolute atomic E-state index is 8.93. The Balaban J connectivity index is 1.35. The number of nitriles is 1. The molecule has 0 radical (unpaired) electrons. The molecule has 3 atom stereocenters. The SMILES string of the molecule is Cc1cc(Nc2cn3cnnc3c(NC3C[C@H]4CC[C@@H](C3)N4CCC#N)n2)n[nH]1. The van der Waals surface area contributed by atoms with Crippen LogP contribution in [-0.2, 0) is 0 Å². The minimum absolute atomic E-state index is 0.335. The highest BCUT2D eigenvalue weighted by Crippen LogP contribution is 2.37. The first-order valence-electron chi connectivity index (χ1n) is 10.1. The number of nitrogens with zero attached hydrogens (tertiary/aromatic N) is 7. The van der Waals surface area contributed by atoms with Crippen molar-refractivity contribution in [2.24, 2.45) is 0 Å². The van der Waals surface area contributed by atoms with E-state index in [1.807, 2.05) is 23.6 Å². The quantitative estimate of drug-likeness (QED) is 0.583. The molecule has 2 saturated heterocycles. The molecular weight excluding hydrogens is 368 g/mol. The zero-order valence-electron chi connectivity index (χ0n) is 16.3. The first-order valence-corrected chi connectivity index (χ1v) is 10.1. The van der Waals surface area contributed by atoms with Gasteiger partial charge in [-0.15, -0.1) is 10.2 Å². The number of hydrogen-bond acceptors (Lipinski definition) is 8. The lowest BCUT2D eigenvalue weighted by molar-refractivity contribution is 0.136. The van der Waals surface area contributed by atoms with Crippen molar-refractivity contribution in [2.75, 3.05) is 17.2 Å². The number of aromatic nitrogens is 6. The predicted molar refractivity (Wildman–Crippen MR) is 108 cm³/mol. The Morgan fingerprint density at radius 2 is 2.10 bits per heavy atom. The summed E-state index contributed by atoms with van der Waals surface area (Å²) in [4.78, 5) is 7.28. The van der Waals surface area contributed by atoms with Gasteiger partial charge < -0.3 is 10.6 Å². The smallest absolute Gasteiger partial charge is 0.203 e. The maximum Gasteiger partial charge on any atom is 0.203 e. The summed E-state index contributed by atoms with van der Waals surface area (Å²) in [5.41, 5.74) is 1.70. The lowest BCUT2D eigenvalue weighted by Crippen LogP contribution is -2.47. The van der Waals surface area contributed by atoms with Gasteiger partial charge >= 0.3 is 0 Å². The molecule has 3 aromatic rings. The molecule has 0 amide bonds. The molecular formula is C19H24N10. The van der Waals surface area contributed by atoms with Crippen LogP contribution in [0.4, 0.5) is 17.5 Å². The second-order valence-electron chi connectivity index (χ2n) is 7.94. The van der Waals surface area contributed by atoms with Gasteiger partial charge in [-0.25, -0.2) is 4.98 Å². The fraction of sp³-hybridized carbons (Fsp3) is 0.526. The van der Waals surface area contributed by atoms with Crippen LogP contribution in [0.2, 0.25) is 0 Å². The van der Waals surface area contributed by atoms with E-state index in [9.17, 15) is 0 Å². The third-order valence-electron chi connectivity index (χ3n) is 5.95. The predicted octanol–water partition coefficient (Wildman–Crippen LogP) is 2.22. The average molecular weight is 392 g/mol. The molecule has 3 N–H and O–H groups in total. The van der Waals surface area contributed by atoms with Crippen molar-refractivity contribution in [1.82, 2.24) is 34.7 Å². The molecule has 0 spiro atoms. The Morgan fingerprint density at radius 1 is 1.28 bits per heavy atom. The van der Waals surface area contributed by atoms with Crippen LogP contribution >= 0.6 is 0 Å². The molecule has 2 fully saturated rings. The number of anilines is 3. The number of hydrogen-bond donors (Lipinski definition) is 3.